The summed E-state index contributed by atoms with van der Waals surface area (Å²) in [6.07, 6.45) is 1.35. The van der Waals surface area contributed by atoms with Gasteiger partial charge in [-0.15, -0.1) is 11.3 Å². The van der Waals surface area contributed by atoms with E-state index in [-0.39, 0.29) is 29.6 Å². The van der Waals surface area contributed by atoms with Crippen molar-refractivity contribution in [1.29, 1.82) is 0 Å². The number of thiazole rings is 1. The second-order valence-electron chi connectivity index (χ2n) is 5.82. The van der Waals surface area contributed by atoms with Crippen LogP contribution in [0.2, 0.25) is 0 Å². The monoisotopic (exact) mass is 317 g/mol. The predicted molar refractivity (Wildman–Crippen MR) is 86.8 cm³/mol. The van der Waals surface area contributed by atoms with Crippen LogP contribution in [-0.2, 0) is 4.79 Å². The van der Waals surface area contributed by atoms with Crippen LogP contribution in [0.1, 0.15) is 29.6 Å². The van der Waals surface area contributed by atoms with E-state index in [2.05, 4.69) is 10.3 Å². The highest BCUT2D eigenvalue weighted by atomic mass is 32.1. The molecule has 0 aliphatic carbocycles. The van der Waals surface area contributed by atoms with Crippen LogP contribution in [0.4, 0.5) is 0 Å². The van der Waals surface area contributed by atoms with E-state index in [1.807, 2.05) is 31.2 Å². The standard InChI is InChI=1S/C16H19N3O2S/c1-9(11(17)8-10-6-7-18-15(10)21)14(20)16-19-12-4-2-3-5-13(12)22-16/h2-5,9-11H,6-8,17H2,1H3,(H,18,21)/t9?,10-,11-/m0/s1. The van der Waals surface area contributed by atoms with Crippen molar-refractivity contribution in [2.75, 3.05) is 6.54 Å². The van der Waals surface area contributed by atoms with E-state index in [9.17, 15) is 9.59 Å². The molecule has 2 aromatic rings. The van der Waals surface area contributed by atoms with Crippen LogP contribution in [0, 0.1) is 11.8 Å². The number of para-hydroxylation sites is 1. The number of ketones is 1. The van der Waals surface area contributed by atoms with Crippen LogP contribution in [0.15, 0.2) is 24.3 Å². The molecule has 1 aliphatic heterocycles. The molecule has 1 unspecified atom stereocenters. The lowest BCUT2D eigenvalue weighted by atomic mass is 9.89. The molecular weight excluding hydrogens is 298 g/mol. The number of rotatable bonds is 5. The van der Waals surface area contributed by atoms with Crippen LogP contribution in [0.5, 0.6) is 0 Å². The van der Waals surface area contributed by atoms with Crippen molar-refractivity contribution in [2.24, 2.45) is 17.6 Å². The van der Waals surface area contributed by atoms with Crippen molar-refractivity contribution in [1.82, 2.24) is 10.3 Å². The minimum Gasteiger partial charge on any atom is -0.356 e. The minimum atomic E-state index is -0.339. The largest absolute Gasteiger partial charge is 0.356 e. The average Bonchev–Trinajstić information content (AvgIpc) is 3.12. The summed E-state index contributed by atoms with van der Waals surface area (Å²) in [6.45, 7) is 2.53. The van der Waals surface area contributed by atoms with Crippen LogP contribution in [0.25, 0.3) is 10.2 Å². The highest BCUT2D eigenvalue weighted by Gasteiger charge is 2.31. The maximum absolute atomic E-state index is 12.6. The third kappa shape index (κ3) is 2.89. The Morgan fingerprint density at radius 2 is 2.27 bits per heavy atom. The third-order valence-corrected chi connectivity index (χ3v) is 5.33. The quantitative estimate of drug-likeness (QED) is 0.826. The third-order valence-electron chi connectivity index (χ3n) is 4.28. The van der Waals surface area contributed by atoms with Gasteiger partial charge in [-0.05, 0) is 25.0 Å². The van der Waals surface area contributed by atoms with Gasteiger partial charge in [0, 0.05) is 24.4 Å². The number of nitrogens with two attached hydrogens (primary N) is 1. The summed E-state index contributed by atoms with van der Waals surface area (Å²) in [5.41, 5.74) is 7.01. The first-order chi connectivity index (χ1) is 10.6. The number of nitrogens with zero attached hydrogens (tertiary/aromatic N) is 1. The predicted octanol–water partition coefficient (Wildman–Crippen LogP) is 1.97. The van der Waals surface area contributed by atoms with Crippen LogP contribution >= 0.6 is 11.3 Å². The van der Waals surface area contributed by atoms with Gasteiger partial charge in [-0.3, -0.25) is 9.59 Å². The maximum Gasteiger partial charge on any atom is 0.223 e. The molecule has 2 heterocycles. The second kappa shape index (κ2) is 6.14. The van der Waals surface area contributed by atoms with E-state index >= 15 is 0 Å². The molecule has 1 aliphatic rings. The lowest BCUT2D eigenvalue weighted by molar-refractivity contribution is -0.122. The summed E-state index contributed by atoms with van der Waals surface area (Å²) in [5.74, 6) is -0.392. The molecule has 3 atom stereocenters. The second-order valence-corrected chi connectivity index (χ2v) is 6.85. The highest BCUT2D eigenvalue weighted by Crippen LogP contribution is 2.26. The molecule has 1 aromatic heterocycles. The van der Waals surface area contributed by atoms with Gasteiger partial charge in [0.15, 0.2) is 10.8 Å². The molecule has 3 rings (SSSR count). The molecule has 0 radical (unpaired) electrons. The molecule has 5 nitrogen and oxygen atoms in total. The van der Waals surface area contributed by atoms with Crippen molar-refractivity contribution in [3.63, 3.8) is 0 Å². The molecule has 6 heteroatoms. The number of fused-ring (bicyclic) bond motifs is 1. The highest BCUT2D eigenvalue weighted by molar-refractivity contribution is 7.20. The number of benzene rings is 1. The van der Waals surface area contributed by atoms with Gasteiger partial charge < -0.3 is 11.1 Å². The summed E-state index contributed by atoms with van der Waals surface area (Å²) in [5, 5.41) is 3.30. The zero-order chi connectivity index (χ0) is 15.7. The van der Waals surface area contributed by atoms with E-state index in [1.165, 1.54) is 11.3 Å². The van der Waals surface area contributed by atoms with E-state index in [0.717, 1.165) is 16.6 Å². The van der Waals surface area contributed by atoms with Gasteiger partial charge in [0.05, 0.1) is 10.2 Å². The van der Waals surface area contributed by atoms with Crippen LogP contribution in [-0.4, -0.2) is 29.3 Å². The number of Topliss-reactive ketones (excluding diaryl/α,β-unsaturated/α-hetero) is 1. The van der Waals surface area contributed by atoms with Crippen molar-refractivity contribution >= 4 is 33.2 Å². The first kappa shape index (κ1) is 15.1. The molecular formula is C16H19N3O2S. The molecule has 22 heavy (non-hydrogen) atoms. The zero-order valence-corrected chi connectivity index (χ0v) is 13.2. The molecule has 1 amide bonds. The number of hydrogen-bond acceptors (Lipinski definition) is 5. The van der Waals surface area contributed by atoms with Crippen molar-refractivity contribution < 1.29 is 9.59 Å². The number of hydrogen-bond donors (Lipinski definition) is 2. The van der Waals surface area contributed by atoms with Gasteiger partial charge in [-0.1, -0.05) is 19.1 Å². The van der Waals surface area contributed by atoms with E-state index in [4.69, 9.17) is 5.73 Å². The molecule has 1 fully saturated rings. The molecule has 1 aromatic carbocycles. The van der Waals surface area contributed by atoms with Crippen LogP contribution in [0.3, 0.4) is 0 Å². The Bertz CT molecular complexity index is 679. The van der Waals surface area contributed by atoms with E-state index in [1.54, 1.807) is 0 Å². The van der Waals surface area contributed by atoms with Gasteiger partial charge in [0.2, 0.25) is 5.91 Å². The zero-order valence-electron chi connectivity index (χ0n) is 12.4. The number of amides is 1. The van der Waals surface area contributed by atoms with Gasteiger partial charge in [-0.25, -0.2) is 4.98 Å². The van der Waals surface area contributed by atoms with Crippen LogP contribution < -0.4 is 11.1 Å². The van der Waals surface area contributed by atoms with Gasteiger partial charge >= 0.3 is 0 Å². The molecule has 1 saturated heterocycles. The first-order valence-electron chi connectivity index (χ1n) is 7.49. The Morgan fingerprint density at radius 1 is 1.50 bits per heavy atom. The lowest BCUT2D eigenvalue weighted by Gasteiger charge is -2.20. The van der Waals surface area contributed by atoms with E-state index < -0.39 is 0 Å². The van der Waals surface area contributed by atoms with Gasteiger partial charge in [0.25, 0.3) is 0 Å². The molecule has 0 saturated carbocycles. The van der Waals surface area contributed by atoms with Crippen molar-refractivity contribution in [3.8, 4) is 0 Å². The molecule has 3 N–H and O–H groups in total. The summed E-state index contributed by atoms with van der Waals surface area (Å²) in [6, 6.07) is 7.37. The van der Waals surface area contributed by atoms with Crippen molar-refractivity contribution in [3.05, 3.63) is 29.3 Å². The molecule has 0 spiro atoms. The fourth-order valence-corrected chi connectivity index (χ4v) is 3.77. The summed E-state index contributed by atoms with van der Waals surface area (Å²) in [4.78, 5) is 28.6. The number of aromatic nitrogens is 1. The Hall–Kier alpha value is -1.79. The molecule has 0 bridgehead atoms. The SMILES string of the molecule is CC(C(=O)c1nc2ccccc2s1)[C@@H](N)C[C@@H]1CCNC1=O. The van der Waals surface area contributed by atoms with Crippen molar-refractivity contribution in [2.45, 2.75) is 25.8 Å². The average molecular weight is 317 g/mol. The Kier molecular flexibility index (Phi) is 4.22. The summed E-state index contributed by atoms with van der Waals surface area (Å²) >= 11 is 1.40. The number of nitrogens with one attached hydrogen (secondary N) is 1. The van der Waals surface area contributed by atoms with Gasteiger partial charge in [0.1, 0.15) is 0 Å². The fraction of sp³-hybridized carbons (Fsp3) is 0.438. The first-order valence-corrected chi connectivity index (χ1v) is 8.31. The Labute approximate surface area is 132 Å². The van der Waals surface area contributed by atoms with Gasteiger partial charge in [-0.2, -0.15) is 0 Å². The fourth-order valence-electron chi connectivity index (χ4n) is 2.77. The Morgan fingerprint density at radius 3 is 2.95 bits per heavy atom. The Balaban J connectivity index is 1.71. The van der Waals surface area contributed by atoms with E-state index in [0.29, 0.717) is 18.0 Å². The minimum absolute atomic E-state index is 0.0351. The topological polar surface area (TPSA) is 85.1 Å². The summed E-state index contributed by atoms with van der Waals surface area (Å²) < 4.78 is 1.00. The number of carbonyl (C=O) groups is 2. The molecule has 116 valence electrons. The lowest BCUT2D eigenvalue weighted by Crippen LogP contribution is -2.36. The normalized spacial score (nSPS) is 20.8. The summed E-state index contributed by atoms with van der Waals surface area (Å²) in [7, 11) is 0. The maximum atomic E-state index is 12.6. The smallest absolute Gasteiger partial charge is 0.223 e. The number of carbonyl (C=O) groups excluding carboxylic acids is 2.